The van der Waals surface area contributed by atoms with Crippen LogP contribution >= 0.6 is 11.6 Å². The van der Waals surface area contributed by atoms with E-state index in [0.717, 1.165) is 11.9 Å². The molecule has 0 atom stereocenters. The number of aryl methyl sites for hydroxylation is 2. The highest BCUT2D eigenvalue weighted by molar-refractivity contribution is 6.32. The van der Waals surface area contributed by atoms with Crippen LogP contribution in [0.2, 0.25) is 5.02 Å². The molecule has 0 aromatic carbocycles. The minimum absolute atomic E-state index is 0.0941. The zero-order chi connectivity index (χ0) is 24.9. The summed E-state index contributed by atoms with van der Waals surface area (Å²) in [4.78, 5) is 18.4. The lowest BCUT2D eigenvalue weighted by molar-refractivity contribution is -0.143. The summed E-state index contributed by atoms with van der Waals surface area (Å²) < 4.78 is 44.7. The Morgan fingerprint density at radius 2 is 1.77 bits per heavy atom. The van der Waals surface area contributed by atoms with E-state index in [2.05, 4.69) is 30.7 Å². The summed E-state index contributed by atoms with van der Waals surface area (Å²) in [5.41, 5.74) is -0.210. The van der Waals surface area contributed by atoms with Crippen LogP contribution in [0.3, 0.4) is 0 Å². The van der Waals surface area contributed by atoms with Crippen LogP contribution in [0, 0.1) is 13.8 Å². The molecule has 0 saturated carbocycles. The van der Waals surface area contributed by atoms with Gasteiger partial charge in [0.2, 0.25) is 0 Å². The number of hydrogen-bond acceptors (Lipinski definition) is 6. The van der Waals surface area contributed by atoms with Crippen LogP contribution in [0.4, 0.5) is 18.9 Å². The molecule has 178 valence electrons. The number of aromatic nitrogens is 8. The van der Waals surface area contributed by atoms with E-state index in [1.165, 1.54) is 40.0 Å². The number of fused-ring (bicyclic) bond motifs is 1. The molecule has 5 heterocycles. The maximum absolute atomic E-state index is 14.2. The number of nitrogens with zero attached hydrogens (tertiary/aromatic N) is 8. The normalized spacial score (nSPS) is 11.8. The molecular formula is C21H15ClF3N9O. The number of pyridine rings is 2. The van der Waals surface area contributed by atoms with Crippen molar-refractivity contribution in [2.75, 3.05) is 5.32 Å². The standard InChI is InChI=1S/C21H15ClF3N9O/c1-11-3-4-16(17-5-6-26-32(11)17)33-18(21(23,24)25)13(10-29-33)20(35)31-15-9-14(22)19(30-12(15)2)34-27-7-8-28-34/h3-10H,1-2H3,(H,31,35). The van der Waals surface area contributed by atoms with Crippen molar-refractivity contribution in [3.8, 4) is 11.5 Å². The molecule has 0 aliphatic rings. The van der Waals surface area contributed by atoms with Crippen LogP contribution in [0.1, 0.15) is 27.4 Å². The van der Waals surface area contributed by atoms with Gasteiger partial charge in [0.1, 0.15) is 0 Å². The highest BCUT2D eigenvalue weighted by Gasteiger charge is 2.41. The first-order valence-corrected chi connectivity index (χ1v) is 10.5. The quantitative estimate of drug-likeness (QED) is 0.398. The Labute approximate surface area is 200 Å². The van der Waals surface area contributed by atoms with Crippen molar-refractivity contribution in [2.24, 2.45) is 0 Å². The van der Waals surface area contributed by atoms with Gasteiger partial charge in [-0.25, -0.2) is 14.2 Å². The number of nitrogens with one attached hydrogen (secondary N) is 1. The second-order valence-corrected chi connectivity index (χ2v) is 7.91. The summed E-state index contributed by atoms with van der Waals surface area (Å²) in [6.07, 6.45) is 0.331. The lowest BCUT2D eigenvalue weighted by Gasteiger charge is -2.15. The fourth-order valence-electron chi connectivity index (χ4n) is 3.63. The topological polar surface area (TPSA) is 108 Å². The van der Waals surface area contributed by atoms with Gasteiger partial charge < -0.3 is 5.32 Å². The fraction of sp³-hybridized carbons (Fsp3) is 0.143. The predicted molar refractivity (Wildman–Crippen MR) is 119 cm³/mol. The minimum Gasteiger partial charge on any atom is -0.320 e. The maximum Gasteiger partial charge on any atom is 0.434 e. The fourth-order valence-corrected chi connectivity index (χ4v) is 3.86. The molecule has 0 aliphatic carbocycles. The molecule has 0 radical (unpaired) electrons. The van der Waals surface area contributed by atoms with Gasteiger partial charge in [-0.1, -0.05) is 11.6 Å². The summed E-state index contributed by atoms with van der Waals surface area (Å²) in [7, 11) is 0. The lowest BCUT2D eigenvalue weighted by Crippen LogP contribution is -2.21. The number of alkyl halides is 3. The van der Waals surface area contributed by atoms with E-state index in [4.69, 9.17) is 11.6 Å². The highest BCUT2D eigenvalue weighted by Crippen LogP contribution is 2.35. The Bertz CT molecular complexity index is 1570. The molecule has 5 rings (SSSR count). The minimum atomic E-state index is -4.88. The van der Waals surface area contributed by atoms with Gasteiger partial charge in [0.25, 0.3) is 5.91 Å². The van der Waals surface area contributed by atoms with Crippen molar-refractivity contribution >= 4 is 28.7 Å². The average Bonchev–Trinajstić information content (AvgIpc) is 3.56. The molecule has 1 N–H and O–H groups in total. The number of carbonyl (C=O) groups is 1. The number of halogens is 4. The molecular weight excluding hydrogens is 487 g/mol. The van der Waals surface area contributed by atoms with Gasteiger partial charge in [-0.2, -0.15) is 33.6 Å². The summed E-state index contributed by atoms with van der Waals surface area (Å²) in [6, 6.07) is 6.04. The van der Waals surface area contributed by atoms with Crippen LogP contribution in [0.15, 0.2) is 49.1 Å². The second kappa shape index (κ2) is 8.20. The van der Waals surface area contributed by atoms with Crippen LogP contribution in [0.5, 0.6) is 0 Å². The molecule has 0 aliphatic heterocycles. The molecule has 5 aromatic rings. The van der Waals surface area contributed by atoms with Gasteiger partial charge in [0.05, 0.1) is 58.0 Å². The first-order valence-electron chi connectivity index (χ1n) is 10.1. The molecule has 10 nitrogen and oxygen atoms in total. The summed E-state index contributed by atoms with van der Waals surface area (Å²) in [6.45, 7) is 3.33. The van der Waals surface area contributed by atoms with E-state index in [1.54, 1.807) is 26.0 Å². The molecule has 14 heteroatoms. The van der Waals surface area contributed by atoms with Crippen molar-refractivity contribution in [1.29, 1.82) is 0 Å². The van der Waals surface area contributed by atoms with Gasteiger partial charge >= 0.3 is 6.18 Å². The first-order chi connectivity index (χ1) is 16.6. The van der Waals surface area contributed by atoms with Crippen molar-refractivity contribution in [3.05, 3.63) is 76.7 Å². The molecule has 0 bridgehead atoms. The van der Waals surface area contributed by atoms with E-state index >= 15 is 0 Å². The average molecular weight is 502 g/mol. The van der Waals surface area contributed by atoms with Crippen LogP contribution in [-0.2, 0) is 6.18 Å². The molecule has 0 unspecified atom stereocenters. The monoisotopic (exact) mass is 501 g/mol. The van der Waals surface area contributed by atoms with Gasteiger partial charge in [-0.05, 0) is 38.1 Å². The second-order valence-electron chi connectivity index (χ2n) is 7.50. The number of amides is 1. The van der Waals surface area contributed by atoms with Crippen molar-refractivity contribution in [1.82, 2.24) is 39.4 Å². The van der Waals surface area contributed by atoms with E-state index < -0.39 is 23.3 Å². The van der Waals surface area contributed by atoms with Crippen LogP contribution in [0.25, 0.3) is 17.0 Å². The molecule has 0 fully saturated rings. The van der Waals surface area contributed by atoms with Crippen LogP contribution in [-0.4, -0.2) is 45.3 Å². The van der Waals surface area contributed by atoms with Crippen molar-refractivity contribution in [3.63, 3.8) is 0 Å². The number of hydrogen-bond donors (Lipinski definition) is 1. The smallest absolute Gasteiger partial charge is 0.320 e. The van der Waals surface area contributed by atoms with E-state index in [-0.39, 0.29) is 22.2 Å². The van der Waals surface area contributed by atoms with Gasteiger partial charge in [-0.15, -0.1) is 4.80 Å². The van der Waals surface area contributed by atoms with E-state index in [9.17, 15) is 18.0 Å². The number of rotatable bonds is 4. The third kappa shape index (κ3) is 3.89. The summed E-state index contributed by atoms with van der Waals surface area (Å²) >= 11 is 6.25. The van der Waals surface area contributed by atoms with E-state index in [1.807, 2.05) is 0 Å². The Morgan fingerprint density at radius 3 is 2.49 bits per heavy atom. The van der Waals surface area contributed by atoms with Gasteiger partial charge in [-0.3, -0.25) is 4.79 Å². The van der Waals surface area contributed by atoms with E-state index in [0.29, 0.717) is 15.9 Å². The van der Waals surface area contributed by atoms with Crippen molar-refractivity contribution < 1.29 is 18.0 Å². The molecule has 0 spiro atoms. The largest absolute Gasteiger partial charge is 0.434 e. The molecule has 0 saturated heterocycles. The SMILES string of the molecule is Cc1nc(-n2nccn2)c(Cl)cc1NC(=O)c1cnn(-c2ccc(C)n3nccc23)c1C(F)(F)F. The zero-order valence-electron chi connectivity index (χ0n) is 18.1. The first kappa shape index (κ1) is 22.5. The predicted octanol–water partition coefficient (Wildman–Crippen LogP) is 4.04. The maximum atomic E-state index is 14.2. The summed E-state index contributed by atoms with van der Waals surface area (Å²) in [5.74, 6) is -0.814. The molecule has 5 aromatic heterocycles. The molecule has 1 amide bonds. The Kier molecular flexibility index (Phi) is 5.28. The molecule has 35 heavy (non-hydrogen) atoms. The third-order valence-electron chi connectivity index (χ3n) is 5.24. The Hall–Kier alpha value is -4.26. The van der Waals surface area contributed by atoms with Crippen molar-refractivity contribution in [2.45, 2.75) is 20.0 Å². The zero-order valence-corrected chi connectivity index (χ0v) is 18.9. The van der Waals surface area contributed by atoms with Gasteiger partial charge in [0.15, 0.2) is 11.5 Å². The summed E-state index contributed by atoms with van der Waals surface area (Å²) in [5, 5.41) is 18.5. The Morgan fingerprint density at radius 1 is 1.03 bits per heavy atom. The number of carbonyl (C=O) groups excluding carboxylic acids is 1. The Balaban J connectivity index is 1.55. The lowest BCUT2D eigenvalue weighted by atomic mass is 10.2. The number of anilines is 1. The van der Waals surface area contributed by atoms with Gasteiger partial charge in [0, 0.05) is 5.69 Å². The third-order valence-corrected chi connectivity index (χ3v) is 5.51. The van der Waals surface area contributed by atoms with Crippen LogP contribution < -0.4 is 5.32 Å². The highest BCUT2D eigenvalue weighted by atomic mass is 35.5.